The lowest BCUT2D eigenvalue weighted by Crippen LogP contribution is -2.42. The van der Waals surface area contributed by atoms with Gasteiger partial charge in [0.15, 0.2) is 0 Å². The van der Waals surface area contributed by atoms with Gasteiger partial charge in [0.1, 0.15) is 0 Å². The summed E-state index contributed by atoms with van der Waals surface area (Å²) in [5.74, 6) is -1.62. The van der Waals surface area contributed by atoms with Crippen LogP contribution in [0.25, 0.3) is 0 Å². The molecular formula is C17H23N3O4. The van der Waals surface area contributed by atoms with Gasteiger partial charge in [0, 0.05) is 24.3 Å². The van der Waals surface area contributed by atoms with Gasteiger partial charge in [0.05, 0.1) is 12.5 Å². The van der Waals surface area contributed by atoms with E-state index in [1.165, 1.54) is 0 Å². The number of piperidine rings is 1. The maximum absolute atomic E-state index is 12.2. The number of hydrogen-bond acceptors (Lipinski definition) is 4. The van der Waals surface area contributed by atoms with Crippen LogP contribution in [0.3, 0.4) is 0 Å². The molecule has 3 N–H and O–H groups in total. The summed E-state index contributed by atoms with van der Waals surface area (Å²) in [4.78, 5) is 36.9. The molecule has 1 aromatic carbocycles. The van der Waals surface area contributed by atoms with Gasteiger partial charge in [-0.25, -0.2) is 0 Å². The second kappa shape index (κ2) is 8.44. The van der Waals surface area contributed by atoms with Gasteiger partial charge in [-0.3, -0.25) is 19.3 Å². The summed E-state index contributed by atoms with van der Waals surface area (Å²) in [5.41, 5.74) is 1.04. The minimum atomic E-state index is -0.810. The van der Waals surface area contributed by atoms with Crippen LogP contribution < -0.4 is 10.6 Å². The Balaban J connectivity index is 1.91. The predicted octanol–water partition coefficient (Wildman–Crippen LogP) is 1.17. The number of anilines is 1. The zero-order valence-corrected chi connectivity index (χ0v) is 13.7. The quantitative estimate of drug-likeness (QED) is 0.726. The molecule has 0 bridgehead atoms. The lowest BCUT2D eigenvalue weighted by Gasteiger charge is -2.29. The smallest absolute Gasteiger partial charge is 0.307 e. The Bertz CT molecular complexity index is 618. The lowest BCUT2D eigenvalue weighted by molar-refractivity contribution is -0.144. The van der Waals surface area contributed by atoms with Gasteiger partial charge in [-0.05, 0) is 44.5 Å². The van der Waals surface area contributed by atoms with Crippen molar-refractivity contribution < 1.29 is 19.5 Å². The number of hydrogen-bond donors (Lipinski definition) is 3. The number of amides is 2. The number of carbonyl (C=O) groups is 3. The molecule has 1 saturated heterocycles. The molecule has 24 heavy (non-hydrogen) atoms. The summed E-state index contributed by atoms with van der Waals surface area (Å²) in [7, 11) is 0. The first-order chi connectivity index (χ1) is 11.5. The van der Waals surface area contributed by atoms with E-state index in [4.69, 9.17) is 5.11 Å². The number of nitrogens with zero attached hydrogens (tertiary/aromatic N) is 1. The monoisotopic (exact) mass is 333 g/mol. The third-order valence-corrected chi connectivity index (χ3v) is 3.97. The van der Waals surface area contributed by atoms with Crippen LogP contribution in [0.1, 0.15) is 30.1 Å². The number of benzene rings is 1. The first-order valence-electron chi connectivity index (χ1n) is 8.13. The van der Waals surface area contributed by atoms with Crippen molar-refractivity contribution in [3.8, 4) is 0 Å². The molecule has 1 unspecified atom stereocenters. The first-order valence-corrected chi connectivity index (χ1v) is 8.13. The SMILES string of the molecule is CCNC(=O)c1cccc(NC(=O)CN2CCCC(C(=O)O)C2)c1. The molecule has 0 saturated carbocycles. The average Bonchev–Trinajstić information content (AvgIpc) is 2.55. The zero-order valence-electron chi connectivity index (χ0n) is 13.7. The van der Waals surface area contributed by atoms with E-state index in [2.05, 4.69) is 10.6 Å². The number of rotatable bonds is 6. The average molecular weight is 333 g/mol. The Hall–Kier alpha value is -2.41. The van der Waals surface area contributed by atoms with Crippen LogP contribution in [-0.4, -0.2) is 54.0 Å². The van der Waals surface area contributed by atoms with Crippen LogP contribution >= 0.6 is 0 Å². The normalized spacial score (nSPS) is 18.0. The third-order valence-electron chi connectivity index (χ3n) is 3.97. The van der Waals surface area contributed by atoms with Crippen LogP contribution in [-0.2, 0) is 9.59 Å². The highest BCUT2D eigenvalue weighted by atomic mass is 16.4. The molecule has 7 nitrogen and oxygen atoms in total. The van der Waals surface area contributed by atoms with Gasteiger partial charge in [-0.15, -0.1) is 0 Å². The Morgan fingerprint density at radius 2 is 2.12 bits per heavy atom. The van der Waals surface area contributed by atoms with E-state index in [1.54, 1.807) is 24.3 Å². The van der Waals surface area contributed by atoms with E-state index in [0.29, 0.717) is 30.8 Å². The zero-order chi connectivity index (χ0) is 17.5. The maximum atomic E-state index is 12.2. The van der Waals surface area contributed by atoms with E-state index < -0.39 is 11.9 Å². The summed E-state index contributed by atoms with van der Waals surface area (Å²) in [6, 6.07) is 6.74. The largest absolute Gasteiger partial charge is 0.481 e. The van der Waals surface area contributed by atoms with Gasteiger partial charge in [0.25, 0.3) is 5.91 Å². The van der Waals surface area contributed by atoms with E-state index in [1.807, 2.05) is 11.8 Å². The second-order valence-electron chi connectivity index (χ2n) is 5.90. The van der Waals surface area contributed by atoms with Crippen molar-refractivity contribution in [2.24, 2.45) is 5.92 Å². The molecule has 1 aliphatic heterocycles. The Morgan fingerprint density at radius 3 is 2.83 bits per heavy atom. The highest BCUT2D eigenvalue weighted by molar-refractivity contribution is 5.97. The lowest BCUT2D eigenvalue weighted by atomic mass is 9.98. The highest BCUT2D eigenvalue weighted by Gasteiger charge is 2.26. The van der Waals surface area contributed by atoms with Crippen molar-refractivity contribution in [3.05, 3.63) is 29.8 Å². The van der Waals surface area contributed by atoms with E-state index in [0.717, 1.165) is 13.0 Å². The molecule has 0 radical (unpaired) electrons. The van der Waals surface area contributed by atoms with Crippen molar-refractivity contribution >= 4 is 23.5 Å². The van der Waals surface area contributed by atoms with Crippen LogP contribution in [0.4, 0.5) is 5.69 Å². The number of likely N-dealkylation sites (tertiary alicyclic amines) is 1. The molecule has 1 heterocycles. The number of carboxylic acid groups (broad SMARTS) is 1. The van der Waals surface area contributed by atoms with Gasteiger partial charge >= 0.3 is 5.97 Å². The molecule has 2 amide bonds. The molecule has 0 aliphatic carbocycles. The summed E-state index contributed by atoms with van der Waals surface area (Å²) in [6.45, 7) is 3.63. The van der Waals surface area contributed by atoms with Crippen LogP contribution in [0.5, 0.6) is 0 Å². The first kappa shape index (κ1) is 17.9. The number of aliphatic carboxylic acids is 1. The molecule has 7 heteroatoms. The second-order valence-corrected chi connectivity index (χ2v) is 5.90. The summed E-state index contributed by atoms with van der Waals surface area (Å²) < 4.78 is 0. The van der Waals surface area contributed by atoms with Crippen LogP contribution in [0, 0.1) is 5.92 Å². The number of carbonyl (C=O) groups excluding carboxylic acids is 2. The van der Waals surface area contributed by atoms with Gasteiger partial charge in [-0.1, -0.05) is 6.07 Å². The Kier molecular flexibility index (Phi) is 6.31. The standard InChI is InChI=1S/C17H23N3O4/c1-2-18-16(22)12-5-3-7-14(9-12)19-15(21)11-20-8-4-6-13(10-20)17(23)24/h3,5,7,9,13H,2,4,6,8,10-11H2,1H3,(H,18,22)(H,19,21)(H,23,24). The summed E-state index contributed by atoms with van der Waals surface area (Å²) >= 11 is 0. The minimum Gasteiger partial charge on any atom is -0.481 e. The molecule has 1 aromatic rings. The number of nitrogens with one attached hydrogen (secondary N) is 2. The fourth-order valence-corrected chi connectivity index (χ4v) is 2.81. The molecule has 2 rings (SSSR count). The topological polar surface area (TPSA) is 98.7 Å². The van der Waals surface area contributed by atoms with Crippen molar-refractivity contribution in [1.82, 2.24) is 10.2 Å². The molecule has 0 spiro atoms. The Morgan fingerprint density at radius 1 is 1.33 bits per heavy atom. The summed E-state index contributed by atoms with van der Waals surface area (Å²) in [6.07, 6.45) is 1.43. The van der Waals surface area contributed by atoms with Crippen molar-refractivity contribution in [3.63, 3.8) is 0 Å². The van der Waals surface area contributed by atoms with Crippen molar-refractivity contribution in [1.29, 1.82) is 0 Å². The highest BCUT2D eigenvalue weighted by Crippen LogP contribution is 2.17. The number of carboxylic acids is 1. The fraction of sp³-hybridized carbons (Fsp3) is 0.471. The van der Waals surface area contributed by atoms with E-state index >= 15 is 0 Å². The van der Waals surface area contributed by atoms with Crippen molar-refractivity contribution in [2.75, 3.05) is 31.5 Å². The molecule has 1 fully saturated rings. The van der Waals surface area contributed by atoms with Crippen LogP contribution in [0.2, 0.25) is 0 Å². The Labute approximate surface area is 141 Å². The predicted molar refractivity (Wildman–Crippen MR) is 89.9 cm³/mol. The van der Waals surface area contributed by atoms with Crippen molar-refractivity contribution in [2.45, 2.75) is 19.8 Å². The van der Waals surface area contributed by atoms with E-state index in [9.17, 15) is 14.4 Å². The fourth-order valence-electron chi connectivity index (χ4n) is 2.81. The van der Waals surface area contributed by atoms with Gasteiger partial charge in [-0.2, -0.15) is 0 Å². The summed E-state index contributed by atoms with van der Waals surface area (Å²) in [5, 5.41) is 14.6. The van der Waals surface area contributed by atoms with E-state index in [-0.39, 0.29) is 18.4 Å². The molecule has 0 aromatic heterocycles. The maximum Gasteiger partial charge on any atom is 0.307 e. The van der Waals surface area contributed by atoms with Gasteiger partial charge in [0.2, 0.25) is 5.91 Å². The molecule has 1 atom stereocenters. The van der Waals surface area contributed by atoms with Gasteiger partial charge < -0.3 is 15.7 Å². The molecular weight excluding hydrogens is 310 g/mol. The minimum absolute atomic E-state index is 0.148. The molecule has 1 aliphatic rings. The third kappa shape index (κ3) is 5.06. The molecule has 130 valence electrons. The van der Waals surface area contributed by atoms with Crippen LogP contribution in [0.15, 0.2) is 24.3 Å².